The van der Waals surface area contributed by atoms with Crippen LogP contribution in [0.3, 0.4) is 0 Å². The third kappa shape index (κ3) is 5.69. The van der Waals surface area contributed by atoms with E-state index in [2.05, 4.69) is 10.6 Å². The molecule has 5 rings (SSSR count). The third-order valence-corrected chi connectivity index (χ3v) is 7.16. The number of urea groups is 1. The molecule has 1 aromatic heterocycles. The summed E-state index contributed by atoms with van der Waals surface area (Å²) in [5.74, 6) is -2.47. The number of anilines is 2. The predicted molar refractivity (Wildman–Crippen MR) is 146 cm³/mol. The van der Waals surface area contributed by atoms with E-state index in [0.717, 1.165) is 12.8 Å². The molecule has 2 aliphatic rings. The largest absolute Gasteiger partial charge is 0.365 e. The second kappa shape index (κ2) is 11.1. The van der Waals surface area contributed by atoms with Gasteiger partial charge in [-0.2, -0.15) is 5.26 Å². The molecule has 2 fully saturated rings. The zero-order valence-electron chi connectivity index (χ0n) is 22.4. The maximum atomic E-state index is 14.2. The second-order valence-corrected chi connectivity index (χ2v) is 10.5. The van der Waals surface area contributed by atoms with Crippen molar-refractivity contribution in [1.29, 1.82) is 5.26 Å². The van der Waals surface area contributed by atoms with E-state index in [1.54, 1.807) is 16.7 Å². The van der Waals surface area contributed by atoms with Crippen LogP contribution in [0.2, 0.25) is 0 Å². The third-order valence-electron chi connectivity index (χ3n) is 7.16. The van der Waals surface area contributed by atoms with E-state index in [1.165, 1.54) is 21.6 Å². The van der Waals surface area contributed by atoms with Crippen molar-refractivity contribution in [3.63, 3.8) is 0 Å². The number of nitrogens with one attached hydrogen (secondary N) is 2. The molecule has 2 heterocycles. The van der Waals surface area contributed by atoms with Gasteiger partial charge in [0.05, 0.1) is 35.3 Å². The van der Waals surface area contributed by atoms with E-state index < -0.39 is 46.5 Å². The number of hydrogen-bond donors (Lipinski definition) is 2. The maximum Gasteiger partial charge on any atom is 0.331 e. The molecule has 3 amide bonds. The standard InChI is InChI=1S/C28H28F2N6O5/c1-15(2)36-23-6-5-18(10-19(23)26(38)35(28(36)40)13-16-3-4-16)32-27(39)34-7-8-41-24(14-34)25(37)33-22-11-20(29)17(12-31)9-21(22)30/h5-6,9-11,15-16,24H,3-4,7-8,13-14H2,1-2H3,(H,32,39)(H,33,37)/t24-/m1/s1. The molecule has 214 valence electrons. The molecule has 1 saturated heterocycles. The summed E-state index contributed by atoms with van der Waals surface area (Å²) in [6, 6.07) is 6.89. The van der Waals surface area contributed by atoms with E-state index in [4.69, 9.17) is 10.00 Å². The molecule has 0 radical (unpaired) electrons. The molecule has 1 atom stereocenters. The first-order valence-electron chi connectivity index (χ1n) is 13.2. The van der Waals surface area contributed by atoms with Crippen molar-refractivity contribution in [1.82, 2.24) is 14.0 Å². The Labute approximate surface area is 232 Å². The number of halogens is 2. The van der Waals surface area contributed by atoms with Gasteiger partial charge in [0.2, 0.25) is 0 Å². The van der Waals surface area contributed by atoms with Crippen molar-refractivity contribution < 1.29 is 23.1 Å². The van der Waals surface area contributed by atoms with Crippen LogP contribution in [0.4, 0.5) is 25.0 Å². The van der Waals surface area contributed by atoms with Gasteiger partial charge >= 0.3 is 11.7 Å². The van der Waals surface area contributed by atoms with E-state index in [9.17, 15) is 28.0 Å². The Hall–Kier alpha value is -4.57. The molecule has 1 aliphatic heterocycles. The number of nitriles is 1. The average molecular weight is 567 g/mol. The first kappa shape index (κ1) is 28.0. The topological polar surface area (TPSA) is 138 Å². The van der Waals surface area contributed by atoms with Gasteiger partial charge in [0, 0.05) is 30.9 Å². The van der Waals surface area contributed by atoms with E-state index in [-0.39, 0.29) is 31.4 Å². The van der Waals surface area contributed by atoms with Gasteiger partial charge in [0.1, 0.15) is 17.7 Å². The molecule has 0 unspecified atom stereocenters. The lowest BCUT2D eigenvalue weighted by atomic mass is 10.2. The van der Waals surface area contributed by atoms with Gasteiger partial charge in [-0.25, -0.2) is 18.4 Å². The fourth-order valence-corrected chi connectivity index (χ4v) is 4.82. The van der Waals surface area contributed by atoms with Gasteiger partial charge in [0.25, 0.3) is 11.5 Å². The Bertz CT molecular complexity index is 1710. The Kier molecular flexibility index (Phi) is 7.59. The van der Waals surface area contributed by atoms with Gasteiger partial charge in [-0.1, -0.05) is 0 Å². The highest BCUT2D eigenvalue weighted by molar-refractivity contribution is 5.96. The molecule has 11 nitrogen and oxygen atoms in total. The zero-order valence-corrected chi connectivity index (χ0v) is 22.4. The van der Waals surface area contributed by atoms with Crippen LogP contribution < -0.4 is 21.9 Å². The maximum absolute atomic E-state index is 14.2. The number of carbonyl (C=O) groups is 2. The Morgan fingerprint density at radius 3 is 2.56 bits per heavy atom. The summed E-state index contributed by atoms with van der Waals surface area (Å²) in [4.78, 5) is 53.5. The van der Waals surface area contributed by atoms with Crippen molar-refractivity contribution in [3.05, 3.63) is 68.4 Å². The van der Waals surface area contributed by atoms with Crippen molar-refractivity contribution in [2.45, 2.75) is 45.4 Å². The zero-order chi connectivity index (χ0) is 29.4. The summed E-state index contributed by atoms with van der Waals surface area (Å²) in [6.07, 6.45) is 0.776. The van der Waals surface area contributed by atoms with Crippen LogP contribution in [-0.4, -0.2) is 51.8 Å². The van der Waals surface area contributed by atoms with Crippen molar-refractivity contribution in [2.24, 2.45) is 5.92 Å². The summed E-state index contributed by atoms with van der Waals surface area (Å²) >= 11 is 0. The fourth-order valence-electron chi connectivity index (χ4n) is 4.82. The molecule has 13 heteroatoms. The van der Waals surface area contributed by atoms with E-state index in [1.807, 2.05) is 13.8 Å². The number of hydrogen-bond acceptors (Lipinski definition) is 6. The van der Waals surface area contributed by atoms with Crippen molar-refractivity contribution in [3.8, 4) is 6.07 Å². The number of benzene rings is 2. The minimum absolute atomic E-state index is 0.0139. The lowest BCUT2D eigenvalue weighted by Crippen LogP contribution is -2.51. The van der Waals surface area contributed by atoms with Crippen LogP contribution >= 0.6 is 0 Å². The van der Waals surface area contributed by atoms with Gasteiger partial charge in [-0.15, -0.1) is 0 Å². The first-order chi connectivity index (χ1) is 19.6. The highest BCUT2D eigenvalue weighted by atomic mass is 19.1. The van der Waals surface area contributed by atoms with Crippen molar-refractivity contribution >= 4 is 34.2 Å². The number of nitrogens with zero attached hydrogens (tertiary/aromatic N) is 4. The summed E-state index contributed by atoms with van der Waals surface area (Å²) in [5.41, 5.74) is -0.939. The van der Waals surface area contributed by atoms with Gasteiger partial charge in [-0.3, -0.25) is 18.7 Å². The summed E-state index contributed by atoms with van der Waals surface area (Å²) in [5, 5.41) is 14.1. The number of ether oxygens (including phenoxy) is 1. The van der Waals surface area contributed by atoms with Crippen LogP contribution in [0.25, 0.3) is 10.9 Å². The minimum atomic E-state index is -1.17. The number of morpholine rings is 1. The second-order valence-electron chi connectivity index (χ2n) is 10.5. The molecule has 1 aliphatic carbocycles. The van der Waals surface area contributed by atoms with Crippen molar-refractivity contribution in [2.75, 3.05) is 30.3 Å². The molecule has 3 aromatic rings. The minimum Gasteiger partial charge on any atom is -0.365 e. The Morgan fingerprint density at radius 1 is 1.12 bits per heavy atom. The van der Waals surface area contributed by atoms with Gasteiger partial charge in [-0.05, 0) is 56.9 Å². The molecule has 0 bridgehead atoms. The van der Waals surface area contributed by atoms with E-state index >= 15 is 0 Å². The smallest absolute Gasteiger partial charge is 0.331 e. The SMILES string of the molecule is CC(C)n1c(=O)n(CC2CC2)c(=O)c2cc(NC(=O)N3CCO[C@@H](C(=O)Nc4cc(F)c(C#N)cc4F)C3)ccc21. The van der Waals surface area contributed by atoms with E-state index in [0.29, 0.717) is 41.2 Å². The number of aromatic nitrogens is 2. The van der Waals surface area contributed by atoms with Crippen LogP contribution in [0, 0.1) is 28.9 Å². The number of rotatable bonds is 6. The monoisotopic (exact) mass is 566 g/mol. The number of fused-ring (bicyclic) bond motifs is 1. The Morgan fingerprint density at radius 2 is 1.88 bits per heavy atom. The normalized spacial score (nSPS) is 17.0. The lowest BCUT2D eigenvalue weighted by molar-refractivity contribution is -0.131. The molecule has 0 spiro atoms. The summed E-state index contributed by atoms with van der Waals surface area (Å²) in [6.45, 7) is 4.07. The molecule has 2 N–H and O–H groups in total. The quantitative estimate of drug-likeness (QED) is 0.470. The first-order valence-corrected chi connectivity index (χ1v) is 13.2. The Balaban J connectivity index is 1.33. The van der Waals surface area contributed by atoms with Gasteiger partial charge < -0.3 is 20.3 Å². The lowest BCUT2D eigenvalue weighted by Gasteiger charge is -2.32. The highest BCUT2D eigenvalue weighted by Crippen LogP contribution is 2.30. The molecular weight excluding hydrogens is 538 g/mol. The highest BCUT2D eigenvalue weighted by Gasteiger charge is 2.30. The van der Waals surface area contributed by atoms with Crippen LogP contribution in [0.1, 0.15) is 38.3 Å². The average Bonchev–Trinajstić information content (AvgIpc) is 3.77. The van der Waals surface area contributed by atoms with Crippen LogP contribution in [-0.2, 0) is 16.1 Å². The molecule has 2 aromatic carbocycles. The molecular formula is C28H28F2N6O5. The van der Waals surface area contributed by atoms with Gasteiger partial charge in [0.15, 0.2) is 6.10 Å². The number of amides is 3. The summed E-state index contributed by atoms with van der Waals surface area (Å²) in [7, 11) is 0. The number of carbonyl (C=O) groups excluding carboxylic acids is 2. The fraction of sp³-hybridized carbons (Fsp3) is 0.393. The molecule has 1 saturated carbocycles. The van der Waals surface area contributed by atoms with Crippen LogP contribution in [0.15, 0.2) is 39.9 Å². The van der Waals surface area contributed by atoms with Crippen LogP contribution in [0.5, 0.6) is 0 Å². The summed E-state index contributed by atoms with van der Waals surface area (Å²) < 4.78 is 36.4. The predicted octanol–water partition coefficient (Wildman–Crippen LogP) is 3.18. The molecule has 41 heavy (non-hydrogen) atoms.